The molecule has 234 valence electrons. The van der Waals surface area contributed by atoms with E-state index in [1.165, 1.54) is 5.57 Å². The molecule has 0 aromatic rings. The van der Waals surface area contributed by atoms with Crippen LogP contribution >= 0.6 is 0 Å². The van der Waals surface area contributed by atoms with Gasteiger partial charge in [0.25, 0.3) is 0 Å². The zero-order valence-electron chi connectivity index (χ0n) is 24.1. The zero-order valence-corrected chi connectivity index (χ0v) is 24.1. The highest BCUT2D eigenvalue weighted by Crippen LogP contribution is 2.60. The average Bonchev–Trinajstić information content (AvgIpc) is 3.16. The molecule has 1 unspecified atom stereocenters. The van der Waals surface area contributed by atoms with Crippen molar-refractivity contribution < 1.29 is 46.8 Å². The van der Waals surface area contributed by atoms with Gasteiger partial charge in [0.15, 0.2) is 0 Å². The van der Waals surface area contributed by atoms with Crippen LogP contribution in [0.2, 0.25) is 0 Å². The van der Waals surface area contributed by atoms with Gasteiger partial charge in [-0.1, -0.05) is 42.6 Å². The Labute approximate surface area is 238 Å². The molecule has 4 N–H and O–H groups in total. The van der Waals surface area contributed by atoms with Crippen LogP contribution in [-0.2, 0) is 0 Å². The summed E-state index contributed by atoms with van der Waals surface area (Å²) in [5, 5.41) is 39.7. The number of aliphatic hydroxyl groups excluding tert-OH is 2. The molecule has 0 aromatic carbocycles. The van der Waals surface area contributed by atoms with Crippen LogP contribution in [0.15, 0.2) is 23.3 Å². The summed E-state index contributed by atoms with van der Waals surface area (Å²) in [5.74, 6) is 3.13. The Morgan fingerprint density at radius 1 is 0.976 bits per heavy atom. The van der Waals surface area contributed by atoms with E-state index >= 15 is 0 Å². The summed E-state index contributed by atoms with van der Waals surface area (Å²) in [7, 11) is 0. The van der Waals surface area contributed by atoms with E-state index in [0.717, 1.165) is 43.6 Å². The number of allylic oxidation sites excluding steroid dienone is 3. The quantitative estimate of drug-likeness (QED) is 0.194. The van der Waals surface area contributed by atoms with Crippen molar-refractivity contribution in [3.63, 3.8) is 0 Å². The summed E-state index contributed by atoms with van der Waals surface area (Å²) in [6.45, 7) is 5.46. The molecule has 4 nitrogen and oxygen atoms in total. The number of alkyl halides is 6. The van der Waals surface area contributed by atoms with Gasteiger partial charge in [-0.2, -0.15) is 26.3 Å². The van der Waals surface area contributed by atoms with Gasteiger partial charge in [0.05, 0.1) is 17.8 Å². The number of fused-ring (bicyclic) bond motifs is 1. The van der Waals surface area contributed by atoms with Crippen molar-refractivity contribution in [2.75, 3.05) is 0 Å². The van der Waals surface area contributed by atoms with Crippen LogP contribution in [0.4, 0.5) is 26.3 Å². The molecule has 3 aliphatic carbocycles. The van der Waals surface area contributed by atoms with E-state index in [9.17, 15) is 46.8 Å². The monoisotopic (exact) mass is 594 g/mol. The molecule has 3 fully saturated rings. The third-order valence-electron chi connectivity index (χ3n) is 9.50. The topological polar surface area (TPSA) is 80.9 Å². The average molecular weight is 595 g/mol. The van der Waals surface area contributed by atoms with Crippen molar-refractivity contribution in [1.82, 2.24) is 0 Å². The molecular weight excluding hydrogens is 550 g/mol. The van der Waals surface area contributed by atoms with Crippen LogP contribution in [0.3, 0.4) is 0 Å². The van der Waals surface area contributed by atoms with Crippen LogP contribution in [0.25, 0.3) is 0 Å². The van der Waals surface area contributed by atoms with Gasteiger partial charge in [0.2, 0.25) is 0 Å². The molecule has 0 radical (unpaired) electrons. The van der Waals surface area contributed by atoms with Gasteiger partial charge in [-0.25, -0.2) is 0 Å². The Balaban J connectivity index is 1.87. The van der Waals surface area contributed by atoms with Gasteiger partial charge >= 0.3 is 18.0 Å². The minimum atomic E-state index is -5.99. The number of hydrogen-bond acceptors (Lipinski definition) is 4. The molecule has 6 atom stereocenters. The van der Waals surface area contributed by atoms with E-state index in [1.54, 1.807) is 13.8 Å². The summed E-state index contributed by atoms with van der Waals surface area (Å²) < 4.78 is 79.2. The van der Waals surface area contributed by atoms with E-state index in [2.05, 4.69) is 18.9 Å². The Morgan fingerprint density at radius 2 is 1.59 bits per heavy atom. The Morgan fingerprint density at radius 3 is 2.15 bits per heavy atom. The normalized spacial score (nSPS) is 31.4. The molecule has 41 heavy (non-hydrogen) atoms. The largest absolute Gasteiger partial charge is 0.438 e. The first kappa shape index (κ1) is 34.0. The maximum absolute atomic E-state index is 13.2. The van der Waals surface area contributed by atoms with Gasteiger partial charge in [0, 0.05) is 6.42 Å². The summed E-state index contributed by atoms with van der Waals surface area (Å²) in [4.78, 5) is 0. The fraction of sp³-hybridized carbons (Fsp3) is 0.806. The molecule has 10 heteroatoms. The van der Waals surface area contributed by atoms with Gasteiger partial charge in [-0.3, -0.25) is 0 Å². The molecular formula is C31H44F6O4. The van der Waals surface area contributed by atoms with Crippen molar-refractivity contribution >= 4 is 0 Å². The molecule has 0 saturated heterocycles. The summed E-state index contributed by atoms with van der Waals surface area (Å²) in [6.07, 6.45) is -2.19. The maximum Gasteiger partial charge on any atom is 0.438 e. The van der Waals surface area contributed by atoms with E-state index in [1.807, 2.05) is 6.08 Å². The molecule has 3 saturated carbocycles. The molecule has 3 rings (SSSR count). The Hall–Kier alpha value is -1.54. The highest BCUT2D eigenvalue weighted by Gasteiger charge is 2.70. The molecule has 0 amide bonds. The van der Waals surface area contributed by atoms with E-state index in [4.69, 9.17) is 0 Å². The first-order valence-electron chi connectivity index (χ1n) is 14.6. The minimum Gasteiger partial charge on any atom is -0.393 e. The van der Waals surface area contributed by atoms with Crippen LogP contribution < -0.4 is 0 Å². The highest BCUT2D eigenvalue weighted by atomic mass is 19.4. The van der Waals surface area contributed by atoms with Gasteiger partial charge in [-0.05, 0) is 107 Å². The van der Waals surface area contributed by atoms with E-state index < -0.39 is 35.8 Å². The standard InChI is InChI=1S/C31H44F6O4/c1-27(2,40)14-4-7-21(9-6-16-29(41,30(32,33)34)31(35,36)37)25-12-13-26-22(8-5-15-28(25,26)3)11-10-20-17-23(38)19-24(39)18-20/h10-11,21,23-26,38-41H,4-5,7-9,12-15,17-19H2,1-3H3/b22-11+/t21-,23-,24-,25-,26?,28-/m1/s1. The lowest BCUT2D eigenvalue weighted by Crippen LogP contribution is -2.55. The van der Waals surface area contributed by atoms with Crippen LogP contribution in [0, 0.1) is 35.0 Å². The van der Waals surface area contributed by atoms with Gasteiger partial charge < -0.3 is 20.4 Å². The maximum atomic E-state index is 13.2. The summed E-state index contributed by atoms with van der Waals surface area (Å²) >= 11 is 0. The van der Waals surface area contributed by atoms with E-state index in [-0.39, 0.29) is 29.6 Å². The molecule has 0 spiro atoms. The second-order valence-electron chi connectivity index (χ2n) is 13.3. The predicted octanol–water partition coefficient (Wildman–Crippen LogP) is 6.77. The molecule has 0 bridgehead atoms. The SMILES string of the molecule is CC(C)(O)CCC[C@H](CC#CC(O)(C(F)(F)F)C(F)(F)F)[C@H]1CCC2/C(=C/C=C3C[C@@H](O)C[C@H](O)C3)CCC[C@@]21C. The first-order valence-corrected chi connectivity index (χ1v) is 14.6. The van der Waals surface area contributed by atoms with Crippen molar-refractivity contribution in [3.8, 4) is 11.8 Å². The first-order chi connectivity index (χ1) is 18.8. The second-order valence-corrected chi connectivity index (χ2v) is 13.3. The number of hydrogen-bond donors (Lipinski definition) is 4. The fourth-order valence-corrected chi connectivity index (χ4v) is 7.44. The third-order valence-corrected chi connectivity index (χ3v) is 9.50. The molecule has 0 aliphatic heterocycles. The zero-order chi connectivity index (χ0) is 30.9. The number of halogens is 6. The van der Waals surface area contributed by atoms with Crippen molar-refractivity contribution in [2.24, 2.45) is 23.2 Å². The second kappa shape index (κ2) is 12.6. The number of aliphatic hydroxyl groups is 4. The van der Waals surface area contributed by atoms with Crippen LogP contribution in [0.5, 0.6) is 0 Å². The smallest absolute Gasteiger partial charge is 0.393 e. The molecule has 3 aliphatic rings. The molecule has 0 aromatic heterocycles. The summed E-state index contributed by atoms with van der Waals surface area (Å²) in [6, 6.07) is 0. The van der Waals surface area contributed by atoms with E-state index in [0.29, 0.717) is 38.5 Å². The fourth-order valence-electron chi connectivity index (χ4n) is 7.44. The lowest BCUT2D eigenvalue weighted by Gasteiger charge is -2.45. The predicted molar refractivity (Wildman–Crippen MR) is 143 cm³/mol. The Bertz CT molecular complexity index is 1000. The van der Waals surface area contributed by atoms with Gasteiger partial charge in [0.1, 0.15) is 0 Å². The Kier molecular flexibility index (Phi) is 10.4. The number of rotatable bonds is 7. The van der Waals surface area contributed by atoms with Crippen LogP contribution in [0.1, 0.15) is 97.8 Å². The van der Waals surface area contributed by atoms with Crippen molar-refractivity contribution in [3.05, 3.63) is 23.3 Å². The highest BCUT2D eigenvalue weighted by molar-refractivity contribution is 5.27. The van der Waals surface area contributed by atoms with Crippen LogP contribution in [-0.4, -0.2) is 56.2 Å². The lowest BCUT2D eigenvalue weighted by molar-refractivity contribution is -0.343. The van der Waals surface area contributed by atoms with Crippen molar-refractivity contribution in [2.45, 2.75) is 134 Å². The molecule has 0 heterocycles. The third kappa shape index (κ3) is 8.10. The minimum absolute atomic E-state index is 0.00292. The summed E-state index contributed by atoms with van der Waals surface area (Å²) in [5.41, 5.74) is -4.05. The van der Waals surface area contributed by atoms with Gasteiger partial charge in [-0.15, -0.1) is 0 Å². The lowest BCUT2D eigenvalue weighted by atomic mass is 9.60. The van der Waals surface area contributed by atoms with Crippen molar-refractivity contribution in [1.29, 1.82) is 0 Å².